The Hall–Kier alpha value is -1.23. The highest BCUT2D eigenvalue weighted by Crippen LogP contribution is 2.36. The molecule has 1 atom stereocenters. The van der Waals surface area contributed by atoms with Crippen LogP contribution in [-0.2, 0) is 6.18 Å². The van der Waals surface area contributed by atoms with E-state index in [1.54, 1.807) is 6.92 Å². The molecule has 0 radical (unpaired) electrons. The lowest BCUT2D eigenvalue weighted by atomic mass is 10.0. The van der Waals surface area contributed by atoms with Crippen LogP contribution in [0.5, 0.6) is 0 Å². The van der Waals surface area contributed by atoms with Gasteiger partial charge < -0.3 is 11.5 Å². The van der Waals surface area contributed by atoms with Crippen LogP contribution in [-0.4, -0.2) is 0 Å². The molecule has 0 saturated heterocycles. The molecule has 0 heterocycles. The number of rotatable bonds is 1. The summed E-state index contributed by atoms with van der Waals surface area (Å²) in [4.78, 5) is 0. The molecular formula is C9H11F3N2. The number of nitrogens with two attached hydrogens (primary N) is 2. The fourth-order valence-corrected chi connectivity index (χ4v) is 1.23. The standard InChI is InChI=1S/C9H11F3N2/c1-5(13)6-3-2-4-7(8(6)14)9(10,11)12/h2-5H,13-14H2,1H3/t5-/m0/s1. The minimum Gasteiger partial charge on any atom is -0.398 e. The van der Waals surface area contributed by atoms with Gasteiger partial charge in [-0.15, -0.1) is 0 Å². The molecule has 0 bridgehead atoms. The topological polar surface area (TPSA) is 52.0 Å². The third-order valence-electron chi connectivity index (χ3n) is 1.94. The summed E-state index contributed by atoms with van der Waals surface area (Å²) in [7, 11) is 0. The van der Waals surface area contributed by atoms with Crippen LogP contribution in [0, 0.1) is 0 Å². The van der Waals surface area contributed by atoms with Crippen LogP contribution in [0.4, 0.5) is 18.9 Å². The minimum absolute atomic E-state index is 0.282. The fourth-order valence-electron chi connectivity index (χ4n) is 1.23. The number of nitrogen functional groups attached to an aromatic ring is 1. The maximum Gasteiger partial charge on any atom is 0.418 e. The van der Waals surface area contributed by atoms with Crippen molar-refractivity contribution in [2.24, 2.45) is 5.73 Å². The number of para-hydroxylation sites is 1. The molecule has 0 aliphatic heterocycles. The molecule has 0 fully saturated rings. The van der Waals surface area contributed by atoms with Gasteiger partial charge in [0.25, 0.3) is 0 Å². The van der Waals surface area contributed by atoms with Crippen LogP contribution in [0.1, 0.15) is 24.1 Å². The van der Waals surface area contributed by atoms with Gasteiger partial charge in [0.1, 0.15) is 0 Å². The van der Waals surface area contributed by atoms with Crippen molar-refractivity contribution in [3.05, 3.63) is 29.3 Å². The summed E-state index contributed by atoms with van der Waals surface area (Å²) in [6, 6.07) is 3.24. The summed E-state index contributed by atoms with van der Waals surface area (Å²) in [6.07, 6.45) is -4.42. The van der Waals surface area contributed by atoms with Crippen LogP contribution in [0.3, 0.4) is 0 Å². The maximum atomic E-state index is 12.4. The Labute approximate surface area is 79.7 Å². The lowest BCUT2D eigenvalue weighted by molar-refractivity contribution is -0.136. The highest BCUT2D eigenvalue weighted by molar-refractivity contribution is 5.56. The van der Waals surface area contributed by atoms with E-state index in [1.165, 1.54) is 12.1 Å². The van der Waals surface area contributed by atoms with E-state index < -0.39 is 17.8 Å². The second kappa shape index (κ2) is 3.49. The molecule has 14 heavy (non-hydrogen) atoms. The number of alkyl halides is 3. The largest absolute Gasteiger partial charge is 0.418 e. The molecule has 78 valence electrons. The smallest absolute Gasteiger partial charge is 0.398 e. The summed E-state index contributed by atoms with van der Waals surface area (Å²) in [5.41, 5.74) is 10.1. The van der Waals surface area contributed by atoms with Crippen molar-refractivity contribution in [1.29, 1.82) is 0 Å². The summed E-state index contributed by atoms with van der Waals surface area (Å²) >= 11 is 0. The highest BCUT2D eigenvalue weighted by atomic mass is 19.4. The summed E-state index contributed by atoms with van der Waals surface area (Å²) in [5, 5.41) is 0. The molecule has 5 heteroatoms. The Kier molecular flexibility index (Phi) is 2.71. The van der Waals surface area contributed by atoms with E-state index in [1.807, 2.05) is 0 Å². The predicted molar refractivity (Wildman–Crippen MR) is 48.5 cm³/mol. The van der Waals surface area contributed by atoms with E-state index in [9.17, 15) is 13.2 Å². The number of anilines is 1. The van der Waals surface area contributed by atoms with Gasteiger partial charge in [0.2, 0.25) is 0 Å². The van der Waals surface area contributed by atoms with E-state index in [2.05, 4.69) is 0 Å². The van der Waals surface area contributed by atoms with E-state index in [0.29, 0.717) is 5.56 Å². The minimum atomic E-state index is -4.42. The first-order valence-corrected chi connectivity index (χ1v) is 4.05. The van der Waals surface area contributed by atoms with Gasteiger partial charge in [0.05, 0.1) is 5.56 Å². The van der Waals surface area contributed by atoms with Crippen molar-refractivity contribution in [3.8, 4) is 0 Å². The number of hydrogen-bond donors (Lipinski definition) is 2. The normalized spacial score (nSPS) is 14.1. The van der Waals surface area contributed by atoms with E-state index in [-0.39, 0.29) is 5.69 Å². The van der Waals surface area contributed by atoms with Crippen molar-refractivity contribution in [2.75, 3.05) is 5.73 Å². The Morgan fingerprint density at radius 2 is 1.86 bits per heavy atom. The lowest BCUT2D eigenvalue weighted by Gasteiger charge is -2.15. The Bertz CT molecular complexity index is 331. The van der Waals surface area contributed by atoms with Crippen molar-refractivity contribution in [1.82, 2.24) is 0 Å². The third kappa shape index (κ3) is 1.98. The second-order valence-electron chi connectivity index (χ2n) is 3.09. The molecular weight excluding hydrogens is 193 g/mol. The van der Waals surface area contributed by atoms with Crippen LogP contribution in [0.2, 0.25) is 0 Å². The van der Waals surface area contributed by atoms with E-state index in [4.69, 9.17) is 11.5 Å². The second-order valence-corrected chi connectivity index (χ2v) is 3.09. The molecule has 2 nitrogen and oxygen atoms in total. The van der Waals surface area contributed by atoms with Gasteiger partial charge in [-0.05, 0) is 18.6 Å². The molecule has 0 saturated carbocycles. The highest BCUT2D eigenvalue weighted by Gasteiger charge is 2.33. The first-order valence-electron chi connectivity index (χ1n) is 4.05. The Balaban J connectivity index is 3.28. The number of benzene rings is 1. The molecule has 0 aliphatic carbocycles. The van der Waals surface area contributed by atoms with E-state index in [0.717, 1.165) is 6.07 Å². The van der Waals surface area contributed by atoms with Crippen molar-refractivity contribution < 1.29 is 13.2 Å². The van der Waals surface area contributed by atoms with Crippen LogP contribution in [0.25, 0.3) is 0 Å². The van der Waals surface area contributed by atoms with Gasteiger partial charge in [0, 0.05) is 11.7 Å². The monoisotopic (exact) mass is 204 g/mol. The quantitative estimate of drug-likeness (QED) is 0.689. The molecule has 0 aromatic heterocycles. The van der Waals surface area contributed by atoms with Crippen molar-refractivity contribution >= 4 is 5.69 Å². The Morgan fingerprint density at radius 3 is 2.29 bits per heavy atom. The SMILES string of the molecule is C[C@H](N)c1cccc(C(F)(F)F)c1N. The molecule has 0 amide bonds. The summed E-state index contributed by atoms with van der Waals surface area (Å²) < 4.78 is 37.1. The van der Waals surface area contributed by atoms with E-state index >= 15 is 0 Å². The van der Waals surface area contributed by atoms with Gasteiger partial charge >= 0.3 is 6.18 Å². The zero-order valence-corrected chi connectivity index (χ0v) is 7.60. The number of halogens is 3. The van der Waals surface area contributed by atoms with Gasteiger partial charge in [-0.3, -0.25) is 0 Å². The first kappa shape index (κ1) is 10.8. The number of hydrogen-bond acceptors (Lipinski definition) is 2. The summed E-state index contributed by atoms with van der Waals surface area (Å²) in [5.74, 6) is 0. The molecule has 1 rings (SSSR count). The van der Waals surface area contributed by atoms with Crippen molar-refractivity contribution in [3.63, 3.8) is 0 Å². The Morgan fingerprint density at radius 1 is 1.29 bits per heavy atom. The van der Waals surface area contributed by atoms with Crippen molar-refractivity contribution in [2.45, 2.75) is 19.1 Å². The predicted octanol–water partition coefficient (Wildman–Crippen LogP) is 2.31. The van der Waals surface area contributed by atoms with Gasteiger partial charge in [-0.2, -0.15) is 13.2 Å². The maximum absolute atomic E-state index is 12.4. The lowest BCUT2D eigenvalue weighted by Crippen LogP contribution is -2.14. The molecule has 1 aromatic carbocycles. The summed E-state index contributed by atoms with van der Waals surface area (Å²) in [6.45, 7) is 1.59. The zero-order chi connectivity index (χ0) is 10.9. The van der Waals surface area contributed by atoms with Crippen LogP contribution < -0.4 is 11.5 Å². The molecule has 0 unspecified atom stereocenters. The third-order valence-corrected chi connectivity index (χ3v) is 1.94. The zero-order valence-electron chi connectivity index (χ0n) is 7.60. The van der Waals surface area contributed by atoms with Crippen LogP contribution >= 0.6 is 0 Å². The molecule has 0 spiro atoms. The van der Waals surface area contributed by atoms with Crippen LogP contribution in [0.15, 0.2) is 18.2 Å². The fraction of sp³-hybridized carbons (Fsp3) is 0.333. The molecule has 0 aliphatic rings. The first-order chi connectivity index (χ1) is 6.34. The van der Waals surface area contributed by atoms with Gasteiger partial charge in [-0.25, -0.2) is 0 Å². The molecule has 4 N–H and O–H groups in total. The molecule has 1 aromatic rings. The van der Waals surface area contributed by atoms with Gasteiger partial charge in [0.15, 0.2) is 0 Å². The average Bonchev–Trinajstić information content (AvgIpc) is 2.01. The van der Waals surface area contributed by atoms with Gasteiger partial charge in [-0.1, -0.05) is 12.1 Å². The average molecular weight is 204 g/mol.